The molecule has 0 saturated carbocycles. The molecule has 3 rings (SSSR count). The molecule has 0 aromatic heterocycles. The fraction of sp³-hybridized carbons (Fsp3) is 0.381. The van der Waals surface area contributed by atoms with Gasteiger partial charge in [0.25, 0.3) is 5.91 Å². The third-order valence-corrected chi connectivity index (χ3v) is 6.89. The molecule has 0 spiro atoms. The topological polar surface area (TPSA) is 75.7 Å². The van der Waals surface area contributed by atoms with Gasteiger partial charge in [-0.25, -0.2) is 12.8 Å². The number of amides is 1. The molecule has 0 aliphatic carbocycles. The van der Waals surface area contributed by atoms with Crippen LogP contribution in [0, 0.1) is 12.7 Å². The first kappa shape index (κ1) is 21.3. The number of sulfonamides is 1. The van der Waals surface area contributed by atoms with Crippen molar-refractivity contribution in [3.63, 3.8) is 0 Å². The normalized spacial score (nSPS) is 15.1. The molecule has 2 aromatic carbocycles. The molecule has 1 heterocycles. The Bertz CT molecular complexity index is 955. The minimum Gasteiger partial charge on any atom is -0.492 e. The van der Waals surface area contributed by atoms with Crippen LogP contribution >= 0.6 is 0 Å². The van der Waals surface area contributed by atoms with Gasteiger partial charge in [-0.1, -0.05) is 12.5 Å². The highest BCUT2D eigenvalue weighted by atomic mass is 32.2. The summed E-state index contributed by atoms with van der Waals surface area (Å²) in [6.07, 6.45) is 2.74. The van der Waals surface area contributed by atoms with Crippen molar-refractivity contribution in [2.45, 2.75) is 31.1 Å². The molecule has 8 heteroatoms. The molecule has 1 aliphatic heterocycles. The lowest BCUT2D eigenvalue weighted by Crippen LogP contribution is -2.36. The zero-order chi connectivity index (χ0) is 20.9. The highest BCUT2D eigenvalue weighted by Crippen LogP contribution is 2.24. The summed E-state index contributed by atoms with van der Waals surface area (Å²) < 4.78 is 45.8. The number of carbonyl (C=O) groups is 1. The monoisotopic (exact) mass is 420 g/mol. The van der Waals surface area contributed by atoms with E-state index in [2.05, 4.69) is 5.32 Å². The number of piperidine rings is 1. The van der Waals surface area contributed by atoms with Crippen LogP contribution in [-0.4, -0.2) is 44.9 Å². The molecule has 0 bridgehead atoms. The van der Waals surface area contributed by atoms with Crippen molar-refractivity contribution in [3.8, 4) is 5.75 Å². The maximum atomic E-state index is 13.0. The van der Waals surface area contributed by atoms with E-state index in [4.69, 9.17) is 4.74 Å². The molecule has 29 heavy (non-hydrogen) atoms. The second-order valence-corrected chi connectivity index (χ2v) is 8.91. The Morgan fingerprint density at radius 3 is 2.48 bits per heavy atom. The maximum Gasteiger partial charge on any atom is 0.251 e. The van der Waals surface area contributed by atoms with Gasteiger partial charge in [-0.3, -0.25) is 4.79 Å². The highest BCUT2D eigenvalue weighted by molar-refractivity contribution is 7.89. The number of nitrogens with zero attached hydrogens (tertiary/aromatic N) is 1. The minimum atomic E-state index is -3.62. The summed E-state index contributed by atoms with van der Waals surface area (Å²) in [5, 5.41) is 2.71. The van der Waals surface area contributed by atoms with Crippen molar-refractivity contribution in [3.05, 3.63) is 59.4 Å². The Morgan fingerprint density at radius 1 is 1.10 bits per heavy atom. The number of nitrogens with one attached hydrogen (secondary N) is 1. The molecular formula is C21H25FN2O4S. The molecule has 1 saturated heterocycles. The van der Waals surface area contributed by atoms with E-state index in [1.165, 1.54) is 34.6 Å². The van der Waals surface area contributed by atoms with E-state index in [9.17, 15) is 17.6 Å². The van der Waals surface area contributed by atoms with E-state index < -0.39 is 10.0 Å². The van der Waals surface area contributed by atoms with Crippen molar-refractivity contribution in [2.24, 2.45) is 0 Å². The van der Waals surface area contributed by atoms with Gasteiger partial charge in [0.15, 0.2) is 0 Å². The maximum absolute atomic E-state index is 13.0. The molecule has 0 radical (unpaired) electrons. The van der Waals surface area contributed by atoms with Crippen LogP contribution in [0.25, 0.3) is 0 Å². The molecule has 6 nitrogen and oxygen atoms in total. The van der Waals surface area contributed by atoms with E-state index in [0.29, 0.717) is 24.4 Å². The largest absolute Gasteiger partial charge is 0.492 e. The number of hydrogen-bond acceptors (Lipinski definition) is 4. The summed E-state index contributed by atoms with van der Waals surface area (Å²) in [4.78, 5) is 12.6. The molecule has 2 aromatic rings. The van der Waals surface area contributed by atoms with Gasteiger partial charge in [-0.2, -0.15) is 4.31 Å². The van der Waals surface area contributed by atoms with Gasteiger partial charge < -0.3 is 10.1 Å². The molecule has 1 N–H and O–H groups in total. The Kier molecular flexibility index (Phi) is 6.87. The molecule has 1 aliphatic rings. The van der Waals surface area contributed by atoms with Gasteiger partial charge in [-0.15, -0.1) is 0 Å². The van der Waals surface area contributed by atoms with Crippen LogP contribution in [0.5, 0.6) is 5.75 Å². The van der Waals surface area contributed by atoms with E-state index in [-0.39, 0.29) is 35.3 Å². The number of hydrogen-bond donors (Lipinski definition) is 1. The first-order valence-corrected chi connectivity index (χ1v) is 11.1. The molecule has 1 amide bonds. The van der Waals surface area contributed by atoms with Crippen molar-refractivity contribution in [1.29, 1.82) is 0 Å². The second-order valence-electron chi connectivity index (χ2n) is 7.00. The Labute approximate surface area is 170 Å². The summed E-state index contributed by atoms with van der Waals surface area (Å²) in [7, 11) is -3.62. The lowest BCUT2D eigenvalue weighted by atomic mass is 10.1. The lowest BCUT2D eigenvalue weighted by Gasteiger charge is -2.26. The summed E-state index contributed by atoms with van der Waals surface area (Å²) in [5.74, 6) is -0.214. The number of benzene rings is 2. The van der Waals surface area contributed by atoms with Crippen LogP contribution in [0.1, 0.15) is 35.2 Å². The van der Waals surface area contributed by atoms with Crippen LogP contribution in [0.4, 0.5) is 4.39 Å². The zero-order valence-corrected chi connectivity index (χ0v) is 17.2. The number of rotatable bonds is 7. The average molecular weight is 421 g/mol. The second kappa shape index (κ2) is 9.37. The SMILES string of the molecule is Cc1ccc(C(=O)NCCOc2ccc(F)cc2)cc1S(=O)(=O)N1CCCCC1. The van der Waals surface area contributed by atoms with Gasteiger partial charge in [0.1, 0.15) is 18.2 Å². The van der Waals surface area contributed by atoms with Crippen molar-refractivity contribution < 1.29 is 22.3 Å². The Hall–Kier alpha value is -2.45. The van der Waals surface area contributed by atoms with Crippen LogP contribution in [0.3, 0.4) is 0 Å². The van der Waals surface area contributed by atoms with Gasteiger partial charge in [0.05, 0.1) is 11.4 Å². The molecule has 0 atom stereocenters. The third kappa shape index (κ3) is 5.33. The zero-order valence-electron chi connectivity index (χ0n) is 16.4. The van der Waals surface area contributed by atoms with Crippen molar-refractivity contribution in [1.82, 2.24) is 9.62 Å². The number of aryl methyl sites for hydroxylation is 1. The summed E-state index contributed by atoms with van der Waals surface area (Å²) in [6.45, 7) is 3.20. The molecule has 0 unspecified atom stereocenters. The Morgan fingerprint density at radius 2 is 1.79 bits per heavy atom. The average Bonchev–Trinajstić information content (AvgIpc) is 2.73. The highest BCUT2D eigenvalue weighted by Gasteiger charge is 2.28. The summed E-state index contributed by atoms with van der Waals surface area (Å²) in [5.41, 5.74) is 0.903. The van der Waals surface area contributed by atoms with Crippen LogP contribution in [0.15, 0.2) is 47.4 Å². The van der Waals surface area contributed by atoms with Gasteiger partial charge >= 0.3 is 0 Å². The fourth-order valence-corrected chi connectivity index (χ4v) is 5.00. The number of halogens is 1. The predicted octanol–water partition coefficient (Wildman–Crippen LogP) is 3.12. The van der Waals surface area contributed by atoms with E-state index in [1.54, 1.807) is 19.1 Å². The van der Waals surface area contributed by atoms with Crippen LogP contribution in [-0.2, 0) is 10.0 Å². The lowest BCUT2D eigenvalue weighted by molar-refractivity contribution is 0.0946. The predicted molar refractivity (Wildman–Crippen MR) is 108 cm³/mol. The molecule has 1 fully saturated rings. The van der Waals surface area contributed by atoms with E-state index in [0.717, 1.165) is 19.3 Å². The number of ether oxygens (including phenoxy) is 1. The van der Waals surface area contributed by atoms with Crippen LogP contribution in [0.2, 0.25) is 0 Å². The van der Waals surface area contributed by atoms with E-state index in [1.807, 2.05) is 0 Å². The summed E-state index contributed by atoms with van der Waals surface area (Å²) in [6, 6.07) is 10.3. The quantitative estimate of drug-likeness (QED) is 0.699. The van der Waals surface area contributed by atoms with Gasteiger partial charge in [-0.05, 0) is 61.7 Å². The first-order valence-electron chi connectivity index (χ1n) is 9.65. The van der Waals surface area contributed by atoms with E-state index >= 15 is 0 Å². The number of carbonyl (C=O) groups excluding carboxylic acids is 1. The van der Waals surface area contributed by atoms with Crippen molar-refractivity contribution >= 4 is 15.9 Å². The molecule has 156 valence electrons. The van der Waals surface area contributed by atoms with Crippen molar-refractivity contribution in [2.75, 3.05) is 26.2 Å². The van der Waals surface area contributed by atoms with Gasteiger partial charge in [0, 0.05) is 18.7 Å². The smallest absolute Gasteiger partial charge is 0.251 e. The first-order chi connectivity index (χ1) is 13.9. The van der Waals surface area contributed by atoms with Gasteiger partial charge in [0.2, 0.25) is 10.0 Å². The van der Waals surface area contributed by atoms with Crippen LogP contribution < -0.4 is 10.1 Å². The fourth-order valence-electron chi connectivity index (χ4n) is 3.23. The summed E-state index contributed by atoms with van der Waals surface area (Å²) >= 11 is 0. The molecular weight excluding hydrogens is 395 g/mol. The Balaban J connectivity index is 1.62. The standard InChI is InChI=1S/C21H25FN2O4S/c1-16-5-6-17(15-20(16)29(26,27)24-12-3-2-4-13-24)21(25)23-11-14-28-19-9-7-18(22)8-10-19/h5-10,15H,2-4,11-14H2,1H3,(H,23,25). The minimum absolute atomic E-state index is 0.176. The third-order valence-electron chi connectivity index (χ3n) is 4.85.